The van der Waals surface area contributed by atoms with Gasteiger partial charge >= 0.3 is 42.3 Å². The molecule has 0 aliphatic heterocycles. The fraction of sp³-hybridized carbons (Fsp3) is 0.250. The van der Waals surface area contributed by atoms with E-state index in [0.717, 1.165) is 0 Å². The number of benzene rings is 1. The summed E-state index contributed by atoms with van der Waals surface area (Å²) in [6.45, 7) is 0. The normalized spacial score (nSPS) is 11.8. The molecular formula is C8H3BrF6Zn. The molecule has 8 heteroatoms. The van der Waals surface area contributed by atoms with Crippen molar-refractivity contribution in [2.75, 3.05) is 0 Å². The van der Waals surface area contributed by atoms with E-state index in [1.165, 1.54) is 16.3 Å². The first kappa shape index (κ1) is 15.9. The first-order valence-electron chi connectivity index (χ1n) is 3.63. The third kappa shape index (κ3) is 4.83. The van der Waals surface area contributed by atoms with Gasteiger partial charge in [-0.15, -0.1) is 6.07 Å². The van der Waals surface area contributed by atoms with Gasteiger partial charge in [0.1, 0.15) is 0 Å². The van der Waals surface area contributed by atoms with Crippen molar-refractivity contribution in [3.05, 3.63) is 35.4 Å². The molecule has 1 rings (SSSR count). The molecule has 1 aromatic carbocycles. The first-order chi connectivity index (χ1) is 7.21. The molecule has 0 amide bonds. The zero-order chi connectivity index (χ0) is 13.0. The van der Waals surface area contributed by atoms with E-state index in [-0.39, 0.29) is 6.07 Å². The summed E-state index contributed by atoms with van der Waals surface area (Å²) in [6, 6.07) is 2.79. The van der Waals surface area contributed by atoms with Crippen molar-refractivity contribution in [2.45, 2.75) is 12.4 Å². The molecule has 1 aromatic rings. The quantitative estimate of drug-likeness (QED) is 0.367. The summed E-state index contributed by atoms with van der Waals surface area (Å²) in [5.41, 5.74) is -2.71. The van der Waals surface area contributed by atoms with E-state index in [2.05, 4.69) is 13.6 Å². The number of alkyl halides is 6. The predicted octanol–water partition coefficient (Wildman–Crippen LogP) is 4.37. The van der Waals surface area contributed by atoms with Crippen LogP contribution in [-0.4, -0.2) is 0 Å². The summed E-state index contributed by atoms with van der Waals surface area (Å²) in [4.78, 5) is 0. The fourth-order valence-electron chi connectivity index (χ4n) is 0.799. The Kier molecular flexibility index (Phi) is 5.97. The number of hydrogen-bond donors (Lipinski definition) is 0. The summed E-state index contributed by atoms with van der Waals surface area (Å²) >= 11 is 4.25. The van der Waals surface area contributed by atoms with Crippen LogP contribution in [0.4, 0.5) is 26.3 Å². The molecule has 0 unspecified atom stereocenters. The van der Waals surface area contributed by atoms with Crippen LogP contribution in [0.1, 0.15) is 11.1 Å². The molecule has 0 N–H and O–H groups in total. The molecule has 0 aliphatic carbocycles. The van der Waals surface area contributed by atoms with Gasteiger partial charge in [0, 0.05) is 0 Å². The molecule has 16 heavy (non-hydrogen) atoms. The molecule has 0 aromatic heterocycles. The SMILES string of the molecule is FC(F)(F)c1c[c-]cc(C(F)(F)F)c1.[Zn+][Br]. The van der Waals surface area contributed by atoms with Crippen LogP contribution in [0, 0.1) is 6.07 Å². The topological polar surface area (TPSA) is 0 Å². The second-order valence-electron chi connectivity index (χ2n) is 2.51. The molecular weight excluding hydrogens is 355 g/mol. The molecule has 0 atom stereocenters. The van der Waals surface area contributed by atoms with Crippen molar-refractivity contribution in [1.29, 1.82) is 0 Å². The minimum absolute atomic E-state index is 0.0521. The Balaban J connectivity index is 0.00000106. The summed E-state index contributed by atoms with van der Waals surface area (Å²) in [7, 11) is 0. The molecule has 0 bridgehead atoms. The monoisotopic (exact) mass is 356 g/mol. The van der Waals surface area contributed by atoms with Gasteiger partial charge in [0.25, 0.3) is 0 Å². The van der Waals surface area contributed by atoms with Gasteiger partial charge < -0.3 is 0 Å². The van der Waals surface area contributed by atoms with Crippen molar-refractivity contribution < 1.29 is 42.7 Å². The van der Waals surface area contributed by atoms with Crippen LogP contribution in [-0.2, 0) is 28.7 Å². The predicted molar refractivity (Wildman–Crippen MR) is 44.2 cm³/mol. The van der Waals surface area contributed by atoms with Crippen LogP contribution in [0.15, 0.2) is 18.2 Å². The van der Waals surface area contributed by atoms with Crippen LogP contribution in [0.25, 0.3) is 0 Å². The molecule has 86 valence electrons. The summed E-state index contributed by atoms with van der Waals surface area (Å²) in [5.74, 6) is 0. The van der Waals surface area contributed by atoms with E-state index in [1.54, 1.807) is 6.07 Å². The van der Waals surface area contributed by atoms with E-state index in [1.807, 2.05) is 0 Å². The molecule has 0 spiro atoms. The minimum atomic E-state index is -4.78. The third-order valence-electron chi connectivity index (χ3n) is 1.44. The van der Waals surface area contributed by atoms with Crippen LogP contribution in [0.3, 0.4) is 0 Å². The van der Waals surface area contributed by atoms with Gasteiger partial charge in [-0.25, -0.2) is 0 Å². The Morgan fingerprint density at radius 1 is 0.875 bits per heavy atom. The van der Waals surface area contributed by atoms with Crippen LogP contribution >= 0.6 is 13.6 Å². The van der Waals surface area contributed by atoms with Gasteiger partial charge in [0.2, 0.25) is 0 Å². The van der Waals surface area contributed by atoms with Crippen molar-refractivity contribution in [1.82, 2.24) is 0 Å². The molecule has 0 heterocycles. The van der Waals surface area contributed by atoms with E-state index < -0.39 is 23.5 Å². The molecule has 0 saturated carbocycles. The average Bonchev–Trinajstić information content (AvgIpc) is 2.18. The summed E-state index contributed by atoms with van der Waals surface area (Å²) in [6.07, 6.45) is -9.56. The maximum atomic E-state index is 12.0. The zero-order valence-electron chi connectivity index (χ0n) is 7.58. The molecule has 0 radical (unpaired) electrons. The van der Waals surface area contributed by atoms with Crippen molar-refractivity contribution in [3.63, 3.8) is 0 Å². The van der Waals surface area contributed by atoms with E-state index in [4.69, 9.17) is 0 Å². The van der Waals surface area contributed by atoms with Crippen LogP contribution in [0.2, 0.25) is 0 Å². The number of hydrogen-bond acceptors (Lipinski definition) is 0. The number of rotatable bonds is 0. The number of halogens is 7. The van der Waals surface area contributed by atoms with Crippen LogP contribution < -0.4 is 0 Å². The van der Waals surface area contributed by atoms with E-state index in [9.17, 15) is 26.3 Å². The average molecular weight is 358 g/mol. The summed E-state index contributed by atoms with van der Waals surface area (Å²) in [5, 5.41) is 0. The van der Waals surface area contributed by atoms with Gasteiger partial charge in [-0.3, -0.25) is 0 Å². The maximum absolute atomic E-state index is 12.0. The second kappa shape index (κ2) is 6.00. The van der Waals surface area contributed by atoms with Crippen LogP contribution in [0.5, 0.6) is 0 Å². The molecule has 0 aliphatic rings. The first-order valence-corrected chi connectivity index (χ1v) is 10.6. The van der Waals surface area contributed by atoms with E-state index in [0.29, 0.717) is 12.1 Å². The molecule has 0 nitrogen and oxygen atoms in total. The van der Waals surface area contributed by atoms with Gasteiger partial charge in [-0.1, -0.05) is 11.1 Å². The van der Waals surface area contributed by atoms with Gasteiger partial charge in [-0.2, -0.15) is 44.5 Å². The second-order valence-corrected chi connectivity index (χ2v) is 2.51. The molecule has 0 fully saturated rings. The Hall–Kier alpha value is -0.0966. The fourth-order valence-corrected chi connectivity index (χ4v) is 0.799. The summed E-state index contributed by atoms with van der Waals surface area (Å²) < 4.78 is 71.8. The Bertz CT molecular complexity index is 303. The Labute approximate surface area is 104 Å². The zero-order valence-corrected chi connectivity index (χ0v) is 12.1. The van der Waals surface area contributed by atoms with Crippen molar-refractivity contribution in [2.24, 2.45) is 0 Å². The van der Waals surface area contributed by atoms with Crippen molar-refractivity contribution >= 4 is 13.6 Å². The Morgan fingerprint density at radius 2 is 1.19 bits per heavy atom. The Morgan fingerprint density at radius 3 is 1.44 bits per heavy atom. The molecule has 0 saturated heterocycles. The van der Waals surface area contributed by atoms with Gasteiger partial charge in [-0.05, 0) is 0 Å². The van der Waals surface area contributed by atoms with Gasteiger partial charge in [0.15, 0.2) is 0 Å². The van der Waals surface area contributed by atoms with E-state index >= 15 is 0 Å². The van der Waals surface area contributed by atoms with Crippen molar-refractivity contribution in [3.8, 4) is 0 Å². The van der Waals surface area contributed by atoms with Gasteiger partial charge in [0.05, 0.1) is 0 Å². The standard InChI is InChI=1S/C8H3F6.BrH.Zn/c9-7(10,11)5-2-1-3-6(4-5)8(12,13)14;;/h2-4H;1H;/q-1;;+2/p-1. The third-order valence-corrected chi connectivity index (χ3v) is 1.44.